The molecule has 0 aliphatic carbocycles. The van der Waals surface area contributed by atoms with Crippen molar-refractivity contribution in [2.75, 3.05) is 26.9 Å². The zero-order valence-electron chi connectivity index (χ0n) is 16.0. The molecule has 0 saturated heterocycles. The summed E-state index contributed by atoms with van der Waals surface area (Å²) in [5.41, 5.74) is 1.39. The van der Waals surface area contributed by atoms with Gasteiger partial charge in [0.05, 0.1) is 38.0 Å². The van der Waals surface area contributed by atoms with Crippen LogP contribution in [0.1, 0.15) is 25.0 Å². The highest BCUT2D eigenvalue weighted by Crippen LogP contribution is 2.29. The lowest BCUT2D eigenvalue weighted by atomic mass is 10.1. The molecule has 0 aliphatic rings. The van der Waals surface area contributed by atoms with Gasteiger partial charge < -0.3 is 14.2 Å². The first-order chi connectivity index (χ1) is 13.6. The molecule has 0 heterocycles. The summed E-state index contributed by atoms with van der Waals surface area (Å²) in [5.74, 6) is -0.857. The van der Waals surface area contributed by atoms with E-state index in [0.717, 1.165) is 31.4 Å². The summed E-state index contributed by atoms with van der Waals surface area (Å²) < 4.78 is 52.2. The third-order valence-electron chi connectivity index (χ3n) is 3.34. The molecule has 11 heteroatoms. The van der Waals surface area contributed by atoms with E-state index < -0.39 is 36.4 Å². The van der Waals surface area contributed by atoms with Crippen LogP contribution in [0.5, 0.6) is 0 Å². The zero-order chi connectivity index (χ0) is 22.0. The number of amides is 2. The first-order valence-electron chi connectivity index (χ1n) is 8.46. The van der Waals surface area contributed by atoms with Gasteiger partial charge in [-0.25, -0.2) is 24.8 Å². The van der Waals surface area contributed by atoms with Crippen molar-refractivity contribution >= 4 is 24.2 Å². The molecular weight excluding hydrogens is 397 g/mol. The summed E-state index contributed by atoms with van der Waals surface area (Å²) in [6.07, 6.45) is -5.20. The minimum absolute atomic E-state index is 0.00395. The highest BCUT2D eigenvalue weighted by Gasteiger charge is 2.30. The minimum Gasteiger partial charge on any atom is -0.466 e. The van der Waals surface area contributed by atoms with Crippen LogP contribution in [0.4, 0.5) is 22.8 Å². The summed E-state index contributed by atoms with van der Waals surface area (Å²) in [7, 11) is 1.09. The number of benzene rings is 1. The smallest absolute Gasteiger partial charge is 0.429 e. The number of carbonyl (C=O) groups is 3. The Bertz CT molecular complexity index is 747. The van der Waals surface area contributed by atoms with Crippen LogP contribution in [0, 0.1) is 0 Å². The monoisotopic (exact) mass is 418 g/mol. The van der Waals surface area contributed by atoms with Crippen molar-refractivity contribution in [3.8, 4) is 0 Å². The second-order valence-corrected chi connectivity index (χ2v) is 5.40. The molecule has 160 valence electrons. The highest BCUT2D eigenvalue weighted by atomic mass is 19.4. The van der Waals surface area contributed by atoms with E-state index >= 15 is 0 Å². The van der Waals surface area contributed by atoms with E-state index in [1.54, 1.807) is 13.8 Å². The molecule has 0 spiro atoms. The van der Waals surface area contributed by atoms with Gasteiger partial charge in [0.15, 0.2) is 0 Å². The van der Waals surface area contributed by atoms with Crippen LogP contribution in [-0.4, -0.2) is 50.0 Å². The Labute approximate surface area is 165 Å². The lowest BCUT2D eigenvalue weighted by Crippen LogP contribution is -2.48. The van der Waals surface area contributed by atoms with Gasteiger partial charge in [0.1, 0.15) is 0 Å². The van der Waals surface area contributed by atoms with Crippen molar-refractivity contribution < 1.29 is 41.8 Å². The summed E-state index contributed by atoms with van der Waals surface area (Å²) in [6, 6.07) is 4.00. The predicted molar refractivity (Wildman–Crippen MR) is 95.3 cm³/mol. The van der Waals surface area contributed by atoms with Gasteiger partial charge in [0.2, 0.25) is 0 Å². The molecule has 1 aromatic carbocycles. The summed E-state index contributed by atoms with van der Waals surface area (Å²) in [4.78, 5) is 35.8. The lowest BCUT2D eigenvalue weighted by Gasteiger charge is -2.22. The van der Waals surface area contributed by atoms with Gasteiger partial charge in [-0.1, -0.05) is 12.1 Å². The van der Waals surface area contributed by atoms with Crippen molar-refractivity contribution in [1.82, 2.24) is 10.4 Å². The maximum absolute atomic E-state index is 12.7. The van der Waals surface area contributed by atoms with Crippen LogP contribution in [0.25, 0.3) is 6.08 Å². The molecule has 0 aliphatic heterocycles. The average molecular weight is 418 g/mol. The molecule has 0 bridgehead atoms. The number of halogens is 3. The summed E-state index contributed by atoms with van der Waals surface area (Å²) in [6.45, 7) is 2.65. The Kier molecular flexibility index (Phi) is 8.97. The van der Waals surface area contributed by atoms with Crippen molar-refractivity contribution in [3.05, 3.63) is 41.0 Å². The molecule has 8 nitrogen and oxygen atoms in total. The van der Waals surface area contributed by atoms with E-state index in [2.05, 4.69) is 10.2 Å². The number of rotatable bonds is 6. The van der Waals surface area contributed by atoms with Gasteiger partial charge in [0, 0.05) is 0 Å². The topological polar surface area (TPSA) is 94.2 Å². The van der Waals surface area contributed by atoms with Crippen LogP contribution in [0.2, 0.25) is 0 Å². The Morgan fingerprint density at radius 2 is 1.66 bits per heavy atom. The molecule has 29 heavy (non-hydrogen) atoms. The fraction of sp³-hybridized carbons (Fsp3) is 0.389. The first kappa shape index (κ1) is 23.8. The maximum Gasteiger partial charge on any atom is 0.429 e. The average Bonchev–Trinajstić information content (AvgIpc) is 2.66. The molecule has 0 saturated carbocycles. The molecule has 0 atom stereocenters. The molecule has 0 aromatic heterocycles. The number of hydrogen-bond donors (Lipinski definition) is 1. The minimum atomic E-state index is -4.50. The number of carbonyl (C=O) groups excluding carboxylic acids is 3. The van der Waals surface area contributed by atoms with E-state index in [1.807, 2.05) is 0 Å². The quantitative estimate of drug-likeness (QED) is 0.329. The third-order valence-corrected chi connectivity index (χ3v) is 3.34. The first-order valence-corrected chi connectivity index (χ1v) is 8.46. The van der Waals surface area contributed by atoms with Gasteiger partial charge >= 0.3 is 24.3 Å². The van der Waals surface area contributed by atoms with Crippen LogP contribution >= 0.6 is 0 Å². The van der Waals surface area contributed by atoms with E-state index in [0.29, 0.717) is 5.01 Å². The Hall–Kier alpha value is -3.24. The molecule has 2 amide bonds. The molecule has 1 aromatic rings. The molecule has 0 unspecified atom stereocenters. The molecule has 0 radical (unpaired) electrons. The maximum atomic E-state index is 12.7. The van der Waals surface area contributed by atoms with E-state index in [1.165, 1.54) is 6.08 Å². The molecule has 1 N–H and O–H groups in total. The van der Waals surface area contributed by atoms with Gasteiger partial charge in [-0.05, 0) is 37.6 Å². The zero-order valence-corrected chi connectivity index (χ0v) is 16.0. The number of methoxy groups -OCH3 is 1. The Morgan fingerprint density at radius 1 is 1.07 bits per heavy atom. The van der Waals surface area contributed by atoms with Crippen LogP contribution in [-0.2, 0) is 25.2 Å². The normalized spacial score (nSPS) is 11.4. The van der Waals surface area contributed by atoms with Crippen molar-refractivity contribution in [2.45, 2.75) is 20.0 Å². The van der Waals surface area contributed by atoms with Crippen LogP contribution in [0.15, 0.2) is 29.8 Å². The number of hydrogen-bond acceptors (Lipinski definition) is 6. The van der Waals surface area contributed by atoms with Crippen molar-refractivity contribution in [2.24, 2.45) is 0 Å². The summed E-state index contributed by atoms with van der Waals surface area (Å²) in [5, 5.41) is 0.689. The van der Waals surface area contributed by atoms with Crippen LogP contribution < -0.4 is 5.43 Å². The number of nitrogens with one attached hydrogen (secondary N) is 1. The van der Waals surface area contributed by atoms with Crippen molar-refractivity contribution in [3.63, 3.8) is 0 Å². The molecular formula is C18H21F3N2O6. The SMILES string of the molecule is CCOC(=O)NN(C/C(=C/c1ccc(C(F)(F)F)cc1)C(=O)OC)C(=O)OCC. The fourth-order valence-corrected chi connectivity index (χ4v) is 2.06. The Morgan fingerprint density at radius 3 is 2.14 bits per heavy atom. The largest absolute Gasteiger partial charge is 0.466 e. The molecule has 0 fully saturated rings. The fourth-order valence-electron chi connectivity index (χ4n) is 2.06. The van der Waals surface area contributed by atoms with Gasteiger partial charge in [-0.15, -0.1) is 0 Å². The number of nitrogens with zero attached hydrogens (tertiary/aromatic N) is 1. The lowest BCUT2D eigenvalue weighted by molar-refractivity contribution is -0.138. The van der Waals surface area contributed by atoms with Gasteiger partial charge in [0.25, 0.3) is 0 Å². The third kappa shape index (κ3) is 7.72. The second-order valence-electron chi connectivity index (χ2n) is 5.40. The number of ether oxygens (including phenoxy) is 3. The number of hydrazine groups is 1. The standard InChI is InChI=1S/C18H21F3N2O6/c1-4-28-16(25)22-23(17(26)29-5-2)11-13(15(24)27-3)10-12-6-8-14(9-7-12)18(19,20)21/h6-10H,4-5,11H2,1-3H3,(H,22,25)/b13-10-. The van der Waals surface area contributed by atoms with E-state index in [9.17, 15) is 27.6 Å². The summed E-state index contributed by atoms with van der Waals surface area (Å²) >= 11 is 0. The highest BCUT2D eigenvalue weighted by molar-refractivity contribution is 5.94. The Balaban J connectivity index is 3.16. The van der Waals surface area contributed by atoms with Crippen molar-refractivity contribution in [1.29, 1.82) is 0 Å². The van der Waals surface area contributed by atoms with Crippen LogP contribution in [0.3, 0.4) is 0 Å². The van der Waals surface area contributed by atoms with E-state index in [-0.39, 0.29) is 24.4 Å². The number of esters is 1. The molecule has 1 rings (SSSR count). The second kappa shape index (κ2) is 10.9. The van der Waals surface area contributed by atoms with Gasteiger partial charge in [-0.2, -0.15) is 13.2 Å². The predicted octanol–water partition coefficient (Wildman–Crippen LogP) is 3.38. The van der Waals surface area contributed by atoms with E-state index in [4.69, 9.17) is 9.47 Å². The van der Waals surface area contributed by atoms with Gasteiger partial charge in [-0.3, -0.25) is 0 Å². The number of alkyl halides is 3.